The molecule has 0 aromatic heterocycles. The molecule has 0 spiro atoms. The summed E-state index contributed by atoms with van der Waals surface area (Å²) in [6.07, 6.45) is 0. The van der Waals surface area contributed by atoms with Crippen LogP contribution in [-0.4, -0.2) is 20.5 Å². The molecule has 0 saturated carbocycles. The molecule has 0 radical (unpaired) electrons. The van der Waals surface area contributed by atoms with Crippen molar-refractivity contribution >= 4 is 49.0 Å². The van der Waals surface area contributed by atoms with E-state index in [2.05, 4.69) is 31.9 Å². The molecular weight excluding hydrogens is 448 g/mol. The summed E-state index contributed by atoms with van der Waals surface area (Å²) in [4.78, 5) is 31.8. The van der Waals surface area contributed by atoms with Gasteiger partial charge < -0.3 is 0 Å². The zero-order chi connectivity index (χ0) is 17.9. The van der Waals surface area contributed by atoms with Gasteiger partial charge in [-0.15, -0.1) is 0 Å². The lowest BCUT2D eigenvalue weighted by Crippen LogP contribution is -2.19. The van der Waals surface area contributed by atoms with Crippen molar-refractivity contribution in [3.8, 4) is 0 Å². The Hall–Kier alpha value is -2.13. The smallest absolute Gasteiger partial charge is 0.270 e. The second-order valence-electron chi connectivity index (χ2n) is 4.83. The predicted molar refractivity (Wildman–Crippen MR) is 94.9 cm³/mol. The molecule has 2 atom stereocenters. The van der Waals surface area contributed by atoms with Crippen LogP contribution >= 0.6 is 31.9 Å². The number of carbonyl (C=O) groups excluding carboxylic acids is 1. The number of Topliss-reactive ketones (excluding diaryl/α,β-unsaturated/α-hetero) is 1. The van der Waals surface area contributed by atoms with Gasteiger partial charge in [-0.1, -0.05) is 56.1 Å². The van der Waals surface area contributed by atoms with Gasteiger partial charge in [0.05, 0.1) is 19.5 Å². The zero-order valence-electron chi connectivity index (χ0n) is 12.0. The van der Waals surface area contributed by atoms with Gasteiger partial charge in [0.2, 0.25) is 0 Å². The molecule has 0 aliphatic carbocycles. The van der Waals surface area contributed by atoms with Gasteiger partial charge in [0, 0.05) is 29.8 Å². The topological polar surface area (TPSA) is 103 Å². The molecule has 24 heavy (non-hydrogen) atoms. The number of rotatable bonds is 6. The molecular formula is C15H10Br2N2O5. The van der Waals surface area contributed by atoms with Crippen molar-refractivity contribution in [2.24, 2.45) is 0 Å². The van der Waals surface area contributed by atoms with Crippen molar-refractivity contribution in [3.05, 3.63) is 79.9 Å². The van der Waals surface area contributed by atoms with E-state index < -0.39 is 19.5 Å². The molecule has 0 fully saturated rings. The van der Waals surface area contributed by atoms with Gasteiger partial charge in [0.15, 0.2) is 5.78 Å². The van der Waals surface area contributed by atoms with Crippen molar-refractivity contribution in [2.45, 2.75) is 9.65 Å². The fraction of sp³-hybridized carbons (Fsp3) is 0.133. The highest BCUT2D eigenvalue weighted by molar-refractivity contribution is 9.12. The molecule has 7 nitrogen and oxygen atoms in total. The van der Waals surface area contributed by atoms with Crippen LogP contribution in [0.4, 0.5) is 11.4 Å². The molecule has 0 aliphatic rings. The molecule has 0 amide bonds. The molecule has 0 heterocycles. The Morgan fingerprint density at radius 2 is 1.46 bits per heavy atom. The van der Waals surface area contributed by atoms with E-state index in [0.29, 0.717) is 5.56 Å². The second kappa shape index (κ2) is 7.63. The maximum absolute atomic E-state index is 12.5. The van der Waals surface area contributed by atoms with Crippen molar-refractivity contribution < 1.29 is 14.6 Å². The van der Waals surface area contributed by atoms with Gasteiger partial charge in [-0.3, -0.25) is 25.0 Å². The van der Waals surface area contributed by atoms with Gasteiger partial charge >= 0.3 is 0 Å². The van der Waals surface area contributed by atoms with E-state index in [1.807, 2.05) is 0 Å². The standard InChI is InChI=1S/C15H10Br2N2O5/c16-13(9-3-1-5-11(7-9)18(21)22)14(17)15(20)10-4-2-6-12(8-10)19(23)24/h1-8,13-14H. The number of carbonyl (C=O) groups is 1. The summed E-state index contributed by atoms with van der Waals surface area (Å²) in [7, 11) is 0. The van der Waals surface area contributed by atoms with Crippen molar-refractivity contribution in [2.75, 3.05) is 0 Å². The second-order valence-corrected chi connectivity index (χ2v) is 6.80. The summed E-state index contributed by atoms with van der Waals surface area (Å²) < 4.78 is 0. The van der Waals surface area contributed by atoms with Gasteiger partial charge in [-0.25, -0.2) is 0 Å². The molecule has 0 bridgehead atoms. The minimum absolute atomic E-state index is 0.0838. The fourth-order valence-corrected chi connectivity index (χ4v) is 3.14. The van der Waals surface area contributed by atoms with E-state index in [9.17, 15) is 25.0 Å². The number of nitro groups is 2. The van der Waals surface area contributed by atoms with Gasteiger partial charge in [0.25, 0.3) is 11.4 Å². The molecule has 0 saturated heterocycles. The summed E-state index contributed by atoms with van der Waals surface area (Å²) in [5.74, 6) is -0.368. The average molecular weight is 458 g/mol. The SMILES string of the molecule is O=C(c1cccc([N+](=O)[O-])c1)C(Br)C(Br)c1cccc([N+](=O)[O-])c1. The monoisotopic (exact) mass is 456 g/mol. The fourth-order valence-electron chi connectivity index (χ4n) is 2.04. The van der Waals surface area contributed by atoms with Crippen LogP contribution in [0.1, 0.15) is 20.7 Å². The molecule has 2 rings (SSSR count). The Kier molecular flexibility index (Phi) is 5.79. The number of hydrogen-bond acceptors (Lipinski definition) is 5. The van der Waals surface area contributed by atoms with Crippen molar-refractivity contribution in [3.63, 3.8) is 0 Å². The third kappa shape index (κ3) is 4.04. The highest BCUT2D eigenvalue weighted by Crippen LogP contribution is 2.35. The Labute approximate surface area is 153 Å². The van der Waals surface area contributed by atoms with Crippen LogP contribution in [0.5, 0.6) is 0 Å². The Bertz CT molecular complexity index is 812. The highest BCUT2D eigenvalue weighted by atomic mass is 79.9. The van der Waals surface area contributed by atoms with Crippen LogP contribution < -0.4 is 0 Å². The third-order valence-corrected chi connectivity index (χ3v) is 5.96. The summed E-state index contributed by atoms with van der Waals surface area (Å²) in [6, 6.07) is 11.3. The first-order chi connectivity index (χ1) is 11.3. The first-order valence-corrected chi connectivity index (χ1v) is 8.45. The summed E-state index contributed by atoms with van der Waals surface area (Å²) in [5.41, 5.74) is 0.465. The molecule has 2 aromatic carbocycles. The summed E-state index contributed by atoms with van der Waals surface area (Å²) >= 11 is 6.63. The number of non-ortho nitro benzene ring substituents is 2. The van der Waals surface area contributed by atoms with E-state index in [1.54, 1.807) is 6.07 Å². The molecule has 0 aliphatic heterocycles. The van der Waals surface area contributed by atoms with E-state index in [0.717, 1.165) is 0 Å². The Morgan fingerprint density at radius 3 is 2.04 bits per heavy atom. The number of halogens is 2. The first-order valence-electron chi connectivity index (χ1n) is 6.62. The van der Waals surface area contributed by atoms with E-state index >= 15 is 0 Å². The number of benzene rings is 2. The van der Waals surface area contributed by atoms with E-state index in [4.69, 9.17) is 0 Å². The summed E-state index contributed by atoms with van der Waals surface area (Å²) in [5, 5.41) is 21.7. The number of nitrogens with zero attached hydrogens (tertiary/aromatic N) is 2. The number of hydrogen-bond donors (Lipinski definition) is 0. The van der Waals surface area contributed by atoms with Crippen LogP contribution in [0.3, 0.4) is 0 Å². The van der Waals surface area contributed by atoms with E-state index in [-0.39, 0.29) is 22.7 Å². The maximum atomic E-state index is 12.5. The number of ketones is 1. The molecule has 2 aromatic rings. The van der Waals surface area contributed by atoms with Gasteiger partial charge in [-0.05, 0) is 5.56 Å². The molecule has 2 unspecified atom stereocenters. The van der Waals surface area contributed by atoms with Gasteiger partial charge in [-0.2, -0.15) is 0 Å². The lowest BCUT2D eigenvalue weighted by Gasteiger charge is -2.16. The molecule has 9 heteroatoms. The Morgan fingerprint density at radius 1 is 0.917 bits per heavy atom. The minimum atomic E-state index is -0.749. The van der Waals surface area contributed by atoms with E-state index in [1.165, 1.54) is 42.5 Å². The largest absolute Gasteiger partial charge is 0.293 e. The maximum Gasteiger partial charge on any atom is 0.270 e. The third-order valence-electron chi connectivity index (χ3n) is 3.25. The van der Waals surface area contributed by atoms with Crippen LogP contribution in [0.25, 0.3) is 0 Å². The minimum Gasteiger partial charge on any atom is -0.293 e. The first kappa shape index (κ1) is 18.2. The van der Waals surface area contributed by atoms with Crippen molar-refractivity contribution in [1.29, 1.82) is 0 Å². The number of alkyl halides is 2. The predicted octanol–water partition coefficient (Wildman–Crippen LogP) is 4.59. The average Bonchev–Trinajstić information content (AvgIpc) is 2.59. The van der Waals surface area contributed by atoms with Crippen LogP contribution in [0.2, 0.25) is 0 Å². The van der Waals surface area contributed by atoms with Crippen LogP contribution in [-0.2, 0) is 0 Å². The van der Waals surface area contributed by atoms with Gasteiger partial charge in [0.1, 0.15) is 0 Å². The number of nitro benzene ring substituents is 2. The lowest BCUT2D eigenvalue weighted by atomic mass is 10.0. The lowest BCUT2D eigenvalue weighted by molar-refractivity contribution is -0.385. The normalized spacial score (nSPS) is 13.1. The highest BCUT2D eigenvalue weighted by Gasteiger charge is 2.27. The Balaban J connectivity index is 2.27. The van der Waals surface area contributed by atoms with Crippen LogP contribution in [0, 0.1) is 20.2 Å². The molecule has 124 valence electrons. The summed E-state index contributed by atoms with van der Waals surface area (Å²) in [6.45, 7) is 0. The van der Waals surface area contributed by atoms with Crippen LogP contribution in [0.15, 0.2) is 48.5 Å². The van der Waals surface area contributed by atoms with Crippen molar-refractivity contribution in [1.82, 2.24) is 0 Å². The quantitative estimate of drug-likeness (QED) is 0.273. The zero-order valence-corrected chi connectivity index (χ0v) is 15.1. The molecule has 0 N–H and O–H groups in total.